The highest BCUT2D eigenvalue weighted by molar-refractivity contribution is 5.85. The van der Waals surface area contributed by atoms with Gasteiger partial charge in [-0.15, -0.1) is 12.4 Å². The second-order valence-electron chi connectivity index (χ2n) is 5.48. The van der Waals surface area contributed by atoms with Crippen LogP contribution in [0.25, 0.3) is 0 Å². The van der Waals surface area contributed by atoms with Crippen molar-refractivity contribution < 1.29 is 9.53 Å². The Bertz CT molecular complexity index is 414. The van der Waals surface area contributed by atoms with E-state index in [0.717, 1.165) is 12.8 Å². The van der Waals surface area contributed by atoms with Gasteiger partial charge in [0.05, 0.1) is 12.1 Å². The standard InChI is InChI=1S/C17H28N2O2.ClH/c1-4-13(2)16(18)17(20)19-11-8-12-21-14(3)15-9-6-5-7-10-15;/h5-7,9-10,13-14,16H,4,8,11-12,18H2,1-3H3,(H,19,20);1H. The first-order chi connectivity index (χ1) is 10.1. The van der Waals surface area contributed by atoms with Crippen molar-refractivity contribution >= 4 is 18.3 Å². The second kappa shape index (κ2) is 11.5. The summed E-state index contributed by atoms with van der Waals surface area (Å²) in [7, 11) is 0. The van der Waals surface area contributed by atoms with E-state index in [1.54, 1.807) is 0 Å². The average molecular weight is 329 g/mol. The number of carbonyl (C=O) groups is 1. The minimum Gasteiger partial charge on any atom is -0.374 e. The van der Waals surface area contributed by atoms with Crippen LogP contribution in [0.5, 0.6) is 0 Å². The van der Waals surface area contributed by atoms with Crippen LogP contribution in [-0.2, 0) is 9.53 Å². The van der Waals surface area contributed by atoms with Crippen LogP contribution in [-0.4, -0.2) is 25.1 Å². The SMILES string of the molecule is CCC(C)C(N)C(=O)NCCCOC(C)c1ccccc1.Cl. The molecule has 0 aliphatic rings. The van der Waals surface area contributed by atoms with Crippen molar-refractivity contribution in [1.82, 2.24) is 5.32 Å². The molecule has 5 heteroatoms. The second-order valence-corrected chi connectivity index (χ2v) is 5.48. The van der Waals surface area contributed by atoms with Crippen molar-refractivity contribution in [2.24, 2.45) is 11.7 Å². The first-order valence-corrected chi connectivity index (χ1v) is 7.76. The Morgan fingerprint density at radius 1 is 1.27 bits per heavy atom. The third-order valence-electron chi connectivity index (χ3n) is 3.82. The summed E-state index contributed by atoms with van der Waals surface area (Å²) in [4.78, 5) is 11.8. The number of benzene rings is 1. The molecule has 1 aromatic rings. The van der Waals surface area contributed by atoms with E-state index in [1.807, 2.05) is 39.0 Å². The van der Waals surface area contributed by atoms with Gasteiger partial charge in [-0.05, 0) is 24.8 Å². The van der Waals surface area contributed by atoms with Crippen LogP contribution in [0.3, 0.4) is 0 Å². The molecule has 0 aromatic heterocycles. The van der Waals surface area contributed by atoms with Crippen molar-refractivity contribution in [2.75, 3.05) is 13.2 Å². The maximum atomic E-state index is 11.8. The van der Waals surface area contributed by atoms with E-state index < -0.39 is 6.04 Å². The molecule has 0 heterocycles. The number of hydrogen-bond donors (Lipinski definition) is 2. The van der Waals surface area contributed by atoms with E-state index in [4.69, 9.17) is 10.5 Å². The highest BCUT2D eigenvalue weighted by Gasteiger charge is 2.18. The zero-order valence-corrected chi connectivity index (χ0v) is 14.6. The minimum absolute atomic E-state index is 0. The Morgan fingerprint density at radius 2 is 1.91 bits per heavy atom. The number of nitrogens with one attached hydrogen (secondary N) is 1. The lowest BCUT2D eigenvalue weighted by molar-refractivity contribution is -0.123. The van der Waals surface area contributed by atoms with Gasteiger partial charge >= 0.3 is 0 Å². The zero-order chi connectivity index (χ0) is 15.7. The fourth-order valence-corrected chi connectivity index (χ4v) is 1.99. The monoisotopic (exact) mass is 328 g/mol. The van der Waals surface area contributed by atoms with E-state index in [2.05, 4.69) is 17.4 Å². The Hall–Kier alpha value is -1.10. The molecule has 0 fully saturated rings. The van der Waals surface area contributed by atoms with E-state index in [-0.39, 0.29) is 30.3 Å². The first kappa shape index (κ1) is 20.9. The van der Waals surface area contributed by atoms with Gasteiger partial charge in [0.25, 0.3) is 0 Å². The van der Waals surface area contributed by atoms with Gasteiger partial charge in [0.15, 0.2) is 0 Å². The lowest BCUT2D eigenvalue weighted by Crippen LogP contribution is -2.45. The van der Waals surface area contributed by atoms with Gasteiger partial charge in [0.1, 0.15) is 0 Å². The maximum absolute atomic E-state index is 11.8. The highest BCUT2D eigenvalue weighted by Crippen LogP contribution is 2.15. The Morgan fingerprint density at radius 3 is 2.50 bits per heavy atom. The molecule has 0 saturated carbocycles. The van der Waals surface area contributed by atoms with Crippen LogP contribution < -0.4 is 11.1 Å². The minimum atomic E-state index is -0.417. The van der Waals surface area contributed by atoms with E-state index in [1.165, 1.54) is 5.56 Å². The Labute approximate surface area is 140 Å². The van der Waals surface area contributed by atoms with E-state index in [9.17, 15) is 4.79 Å². The summed E-state index contributed by atoms with van der Waals surface area (Å²) in [6, 6.07) is 9.69. The van der Waals surface area contributed by atoms with Crippen molar-refractivity contribution in [1.29, 1.82) is 0 Å². The fourth-order valence-electron chi connectivity index (χ4n) is 1.99. The summed E-state index contributed by atoms with van der Waals surface area (Å²) in [5.74, 6) is 0.139. The summed E-state index contributed by atoms with van der Waals surface area (Å²) in [5.41, 5.74) is 7.03. The summed E-state index contributed by atoms with van der Waals surface area (Å²) in [6.45, 7) is 7.29. The zero-order valence-electron chi connectivity index (χ0n) is 13.7. The topological polar surface area (TPSA) is 64.4 Å². The molecule has 1 amide bonds. The van der Waals surface area contributed by atoms with Gasteiger partial charge in [-0.25, -0.2) is 0 Å². The molecule has 126 valence electrons. The van der Waals surface area contributed by atoms with E-state index in [0.29, 0.717) is 13.2 Å². The predicted octanol–water partition coefficient (Wildman–Crippen LogP) is 3.07. The molecule has 3 atom stereocenters. The number of amides is 1. The van der Waals surface area contributed by atoms with Gasteiger partial charge in [-0.3, -0.25) is 4.79 Å². The summed E-state index contributed by atoms with van der Waals surface area (Å²) in [5, 5.41) is 2.87. The van der Waals surface area contributed by atoms with Gasteiger partial charge in [0.2, 0.25) is 5.91 Å². The largest absolute Gasteiger partial charge is 0.374 e. The Balaban J connectivity index is 0.00000441. The van der Waals surface area contributed by atoms with Crippen LogP contribution in [0.2, 0.25) is 0 Å². The quantitative estimate of drug-likeness (QED) is 0.685. The van der Waals surface area contributed by atoms with Crippen molar-refractivity contribution in [3.63, 3.8) is 0 Å². The molecule has 0 aliphatic heterocycles. The smallest absolute Gasteiger partial charge is 0.237 e. The summed E-state index contributed by atoms with van der Waals surface area (Å²) >= 11 is 0. The molecule has 0 spiro atoms. The molecule has 3 unspecified atom stereocenters. The number of carbonyl (C=O) groups excluding carboxylic acids is 1. The molecule has 22 heavy (non-hydrogen) atoms. The Kier molecular flexibility index (Phi) is 10.9. The number of nitrogens with two attached hydrogens (primary N) is 1. The lowest BCUT2D eigenvalue weighted by atomic mass is 9.99. The molecule has 4 nitrogen and oxygen atoms in total. The van der Waals surface area contributed by atoms with Gasteiger partial charge in [0, 0.05) is 13.2 Å². The van der Waals surface area contributed by atoms with Crippen LogP contribution in [0.1, 0.15) is 45.3 Å². The third-order valence-corrected chi connectivity index (χ3v) is 3.82. The third kappa shape index (κ3) is 7.25. The van der Waals surface area contributed by atoms with Crippen molar-refractivity contribution in [2.45, 2.75) is 45.8 Å². The molecule has 3 N–H and O–H groups in total. The van der Waals surface area contributed by atoms with Crippen molar-refractivity contribution in [3.05, 3.63) is 35.9 Å². The van der Waals surface area contributed by atoms with Gasteiger partial charge in [-0.1, -0.05) is 50.6 Å². The number of halogens is 1. The van der Waals surface area contributed by atoms with E-state index >= 15 is 0 Å². The van der Waals surface area contributed by atoms with Crippen LogP contribution in [0, 0.1) is 5.92 Å². The molecule has 0 radical (unpaired) electrons. The highest BCUT2D eigenvalue weighted by atomic mass is 35.5. The molecule has 1 rings (SSSR count). The molecule has 0 bridgehead atoms. The summed E-state index contributed by atoms with van der Waals surface area (Å²) in [6.07, 6.45) is 1.77. The van der Waals surface area contributed by atoms with Gasteiger partial charge < -0.3 is 15.8 Å². The number of ether oxygens (including phenoxy) is 1. The lowest BCUT2D eigenvalue weighted by Gasteiger charge is -2.18. The number of rotatable bonds is 9. The number of hydrogen-bond acceptors (Lipinski definition) is 3. The molecular formula is C17H29ClN2O2. The molecular weight excluding hydrogens is 300 g/mol. The molecule has 0 aliphatic carbocycles. The summed E-state index contributed by atoms with van der Waals surface area (Å²) < 4.78 is 5.76. The van der Waals surface area contributed by atoms with Crippen LogP contribution >= 0.6 is 12.4 Å². The maximum Gasteiger partial charge on any atom is 0.237 e. The normalized spacial score (nSPS) is 14.5. The van der Waals surface area contributed by atoms with Gasteiger partial charge in [-0.2, -0.15) is 0 Å². The van der Waals surface area contributed by atoms with Crippen LogP contribution in [0.15, 0.2) is 30.3 Å². The molecule has 1 aromatic carbocycles. The van der Waals surface area contributed by atoms with Crippen molar-refractivity contribution in [3.8, 4) is 0 Å². The first-order valence-electron chi connectivity index (χ1n) is 7.76. The average Bonchev–Trinajstić information content (AvgIpc) is 2.53. The predicted molar refractivity (Wildman–Crippen MR) is 93.1 cm³/mol. The van der Waals surface area contributed by atoms with Crippen LogP contribution in [0.4, 0.5) is 0 Å². The molecule has 0 saturated heterocycles. The fraction of sp³-hybridized carbons (Fsp3) is 0.588.